The fourth-order valence-electron chi connectivity index (χ4n) is 1.18. The van der Waals surface area contributed by atoms with E-state index >= 15 is 0 Å². The Kier molecular flexibility index (Phi) is 5.11. The predicted molar refractivity (Wildman–Crippen MR) is 54.6 cm³/mol. The number of aliphatic carboxylic acids is 1. The van der Waals surface area contributed by atoms with Gasteiger partial charge in [-0.25, -0.2) is 9.59 Å². The second-order valence-electron chi connectivity index (χ2n) is 4.40. The molecule has 16 heavy (non-hydrogen) atoms. The zero-order chi connectivity index (χ0) is 11.6. The summed E-state index contributed by atoms with van der Waals surface area (Å²) in [5, 5.41) is 8.70. The molecule has 0 spiro atoms. The smallest absolute Gasteiger partial charge is 1.00 e. The van der Waals surface area contributed by atoms with Crippen molar-refractivity contribution in [3.63, 3.8) is 0 Å². The van der Waals surface area contributed by atoms with E-state index in [1.54, 1.807) is 20.8 Å². The molecule has 0 unspecified atom stereocenters. The van der Waals surface area contributed by atoms with Crippen molar-refractivity contribution in [2.24, 2.45) is 0 Å². The maximum atomic E-state index is 11.5. The third-order valence-electron chi connectivity index (χ3n) is 1.85. The minimum Gasteiger partial charge on any atom is -1.00 e. The van der Waals surface area contributed by atoms with Crippen LogP contribution < -0.4 is 18.9 Å². The summed E-state index contributed by atoms with van der Waals surface area (Å²) in [6, 6.07) is 0. The largest absolute Gasteiger partial charge is 1.00 e. The molecule has 1 rings (SSSR count). The molecule has 86 valence electrons. The van der Waals surface area contributed by atoms with Crippen LogP contribution in [0, 0.1) is 0 Å². The van der Waals surface area contributed by atoms with E-state index < -0.39 is 17.7 Å². The van der Waals surface area contributed by atoms with Crippen LogP contribution in [-0.2, 0) is 9.53 Å². The molecule has 0 aromatic heterocycles. The quantitative estimate of drug-likeness (QED) is 0.539. The van der Waals surface area contributed by atoms with Crippen LogP contribution in [0.3, 0.4) is 0 Å². The van der Waals surface area contributed by atoms with E-state index in [1.165, 1.54) is 11.0 Å². The van der Waals surface area contributed by atoms with Crippen molar-refractivity contribution in [3.05, 3.63) is 11.6 Å². The number of hydrogen-bond acceptors (Lipinski definition) is 3. The Morgan fingerprint density at radius 2 is 2.06 bits per heavy atom. The third kappa shape index (κ3) is 4.29. The number of rotatable bonds is 1. The molecule has 1 aliphatic rings. The fourth-order valence-corrected chi connectivity index (χ4v) is 1.18. The van der Waals surface area contributed by atoms with Gasteiger partial charge in [0.1, 0.15) is 5.60 Å². The molecule has 1 heterocycles. The number of hydrogen-bond donors (Lipinski definition) is 1. The van der Waals surface area contributed by atoms with Gasteiger partial charge in [0.25, 0.3) is 0 Å². The summed E-state index contributed by atoms with van der Waals surface area (Å²) in [5.74, 6) is -0.985. The van der Waals surface area contributed by atoms with Crippen molar-refractivity contribution in [1.82, 2.24) is 4.90 Å². The van der Waals surface area contributed by atoms with Crippen LogP contribution in [0.4, 0.5) is 4.79 Å². The van der Waals surface area contributed by atoms with Gasteiger partial charge >= 0.3 is 30.9 Å². The summed E-state index contributed by atoms with van der Waals surface area (Å²) in [6.45, 7) is 5.73. The Balaban J connectivity index is 0. The summed E-state index contributed by atoms with van der Waals surface area (Å²) >= 11 is 0. The number of carbonyl (C=O) groups is 2. The monoisotopic (exact) mass is 221 g/mol. The Morgan fingerprint density at radius 3 is 2.44 bits per heavy atom. The number of amides is 1. The van der Waals surface area contributed by atoms with E-state index in [9.17, 15) is 9.59 Å². The molecule has 1 aliphatic heterocycles. The first-order chi connectivity index (χ1) is 6.79. The molecular formula is C10H16LiNO4. The zero-order valence-corrected chi connectivity index (χ0v) is 10.1. The molecule has 0 radical (unpaired) electrons. The summed E-state index contributed by atoms with van der Waals surface area (Å²) in [5.41, 5.74) is -0.316. The van der Waals surface area contributed by atoms with Crippen molar-refractivity contribution in [2.45, 2.75) is 26.4 Å². The van der Waals surface area contributed by atoms with Gasteiger partial charge in [0.15, 0.2) is 0 Å². The van der Waals surface area contributed by atoms with Gasteiger partial charge in [0, 0.05) is 6.54 Å². The molecule has 0 aromatic rings. The van der Waals surface area contributed by atoms with E-state index in [0.717, 1.165) is 0 Å². The topological polar surface area (TPSA) is 66.8 Å². The van der Waals surface area contributed by atoms with Gasteiger partial charge in [-0.1, -0.05) is 6.08 Å². The second kappa shape index (κ2) is 5.42. The number of carboxylic acids is 1. The summed E-state index contributed by atoms with van der Waals surface area (Å²) < 4.78 is 5.11. The SMILES string of the molecule is CC(C)(C)OC(=O)N1CC=C(C(=O)O)C1.[H-].[Li+]. The van der Waals surface area contributed by atoms with E-state index in [-0.39, 0.29) is 32.4 Å². The molecule has 1 N–H and O–H groups in total. The van der Waals surface area contributed by atoms with Crippen LogP contribution in [0.2, 0.25) is 0 Å². The van der Waals surface area contributed by atoms with Crippen LogP contribution in [0.1, 0.15) is 22.2 Å². The predicted octanol–water partition coefficient (Wildman–Crippen LogP) is -1.64. The molecule has 1 amide bonds. The molecule has 0 aliphatic carbocycles. The molecule has 0 fully saturated rings. The Bertz CT molecular complexity index is 325. The van der Waals surface area contributed by atoms with Crippen molar-refractivity contribution < 1.29 is 39.7 Å². The van der Waals surface area contributed by atoms with Gasteiger partial charge in [-0.05, 0) is 20.8 Å². The van der Waals surface area contributed by atoms with E-state index in [2.05, 4.69) is 0 Å². The first-order valence-corrected chi connectivity index (χ1v) is 4.70. The Hall–Kier alpha value is -0.923. The maximum absolute atomic E-state index is 11.5. The van der Waals surface area contributed by atoms with Crippen molar-refractivity contribution in [2.75, 3.05) is 13.1 Å². The Morgan fingerprint density at radius 1 is 1.50 bits per heavy atom. The first kappa shape index (κ1) is 15.1. The van der Waals surface area contributed by atoms with Crippen molar-refractivity contribution >= 4 is 12.1 Å². The average Bonchev–Trinajstić information content (AvgIpc) is 2.47. The van der Waals surface area contributed by atoms with Gasteiger partial charge in [-0.15, -0.1) is 0 Å². The van der Waals surface area contributed by atoms with E-state index in [4.69, 9.17) is 9.84 Å². The van der Waals surface area contributed by atoms with Gasteiger partial charge in [0.2, 0.25) is 0 Å². The molecule has 0 saturated heterocycles. The molecule has 6 heteroatoms. The summed E-state index contributed by atoms with van der Waals surface area (Å²) in [6.07, 6.45) is 1.04. The van der Waals surface area contributed by atoms with Crippen LogP contribution in [-0.4, -0.2) is 40.8 Å². The number of nitrogens with zero attached hydrogens (tertiary/aromatic N) is 1. The van der Waals surface area contributed by atoms with Crippen LogP contribution >= 0.6 is 0 Å². The van der Waals surface area contributed by atoms with E-state index in [0.29, 0.717) is 6.54 Å². The molecule has 0 aromatic carbocycles. The standard InChI is InChI=1S/C10H15NO4.Li.H/c1-10(2,3)15-9(14)11-5-4-7(6-11)8(12)13;;/h4H,5-6H2,1-3H3,(H,12,13);;/q;+1;-1. The van der Waals surface area contributed by atoms with Crippen LogP contribution in [0.25, 0.3) is 0 Å². The first-order valence-electron chi connectivity index (χ1n) is 4.70. The van der Waals surface area contributed by atoms with Crippen LogP contribution in [0.15, 0.2) is 11.6 Å². The zero-order valence-electron chi connectivity index (χ0n) is 11.1. The minimum atomic E-state index is -0.985. The molecular weight excluding hydrogens is 205 g/mol. The van der Waals surface area contributed by atoms with Crippen LogP contribution in [0.5, 0.6) is 0 Å². The van der Waals surface area contributed by atoms with Gasteiger partial charge < -0.3 is 11.3 Å². The van der Waals surface area contributed by atoms with Gasteiger partial charge in [-0.3, -0.25) is 4.90 Å². The molecule has 0 bridgehead atoms. The third-order valence-corrected chi connectivity index (χ3v) is 1.85. The number of carboxylic acid groups (broad SMARTS) is 1. The normalized spacial score (nSPS) is 15.2. The van der Waals surface area contributed by atoms with Gasteiger partial charge in [-0.2, -0.15) is 0 Å². The summed E-state index contributed by atoms with van der Waals surface area (Å²) in [4.78, 5) is 23.5. The summed E-state index contributed by atoms with van der Waals surface area (Å²) in [7, 11) is 0. The maximum Gasteiger partial charge on any atom is 1.00 e. The van der Waals surface area contributed by atoms with E-state index in [1.807, 2.05) is 0 Å². The van der Waals surface area contributed by atoms with Crippen molar-refractivity contribution in [1.29, 1.82) is 0 Å². The molecule has 0 saturated carbocycles. The van der Waals surface area contributed by atoms with Crippen molar-refractivity contribution in [3.8, 4) is 0 Å². The fraction of sp³-hybridized carbons (Fsp3) is 0.600. The minimum absolute atomic E-state index is 0. The second-order valence-corrected chi connectivity index (χ2v) is 4.40. The number of carbonyl (C=O) groups excluding carboxylic acids is 1. The average molecular weight is 221 g/mol. The molecule has 0 atom stereocenters. The Labute approximate surface area is 108 Å². The number of ether oxygens (including phenoxy) is 1. The van der Waals surface area contributed by atoms with Gasteiger partial charge in [0.05, 0.1) is 12.1 Å². The molecule has 5 nitrogen and oxygen atoms in total.